The highest BCUT2D eigenvalue weighted by Gasteiger charge is 2.37. The van der Waals surface area contributed by atoms with Crippen molar-refractivity contribution in [2.75, 3.05) is 6.61 Å². The highest BCUT2D eigenvalue weighted by atomic mass is 19.4. The number of amides is 1. The number of aromatic nitrogens is 4. The van der Waals surface area contributed by atoms with Crippen LogP contribution in [0.2, 0.25) is 0 Å². The number of aryl methyl sites for hydroxylation is 2. The van der Waals surface area contributed by atoms with Gasteiger partial charge in [-0.05, 0) is 43.2 Å². The quantitative estimate of drug-likeness (QED) is 0.599. The molecule has 1 aliphatic rings. The van der Waals surface area contributed by atoms with E-state index >= 15 is 0 Å². The molecule has 2 heterocycles. The third kappa shape index (κ3) is 4.61. The number of alkyl halides is 3. The molecule has 4 rings (SSSR count). The van der Waals surface area contributed by atoms with Crippen LogP contribution in [0.15, 0.2) is 34.9 Å². The van der Waals surface area contributed by atoms with E-state index in [2.05, 4.69) is 15.2 Å². The number of carbonyl (C=O) groups excluding carboxylic acids is 1. The molecular formula is C19H18F3N5O3. The van der Waals surface area contributed by atoms with Crippen LogP contribution in [0.3, 0.4) is 0 Å². The topological polar surface area (TPSA) is 109 Å². The predicted octanol–water partition coefficient (Wildman–Crippen LogP) is 2.94. The van der Waals surface area contributed by atoms with Gasteiger partial charge < -0.3 is 15.0 Å². The SMILES string of the molecule is NC(=O)COc1ccc(-c2noc(CCn3nc(C(F)(F)F)cc3C3CC3)n2)cc1. The number of carbonyl (C=O) groups is 1. The van der Waals surface area contributed by atoms with E-state index in [1.165, 1.54) is 4.68 Å². The first kappa shape index (κ1) is 19.9. The van der Waals surface area contributed by atoms with Crippen molar-refractivity contribution in [3.63, 3.8) is 0 Å². The fourth-order valence-electron chi connectivity index (χ4n) is 2.99. The van der Waals surface area contributed by atoms with Crippen LogP contribution in [-0.2, 0) is 23.9 Å². The van der Waals surface area contributed by atoms with Gasteiger partial charge in [-0.2, -0.15) is 23.3 Å². The van der Waals surface area contributed by atoms with Crippen molar-refractivity contribution in [2.24, 2.45) is 5.73 Å². The molecule has 0 unspecified atom stereocenters. The molecule has 1 aromatic carbocycles. The molecule has 1 amide bonds. The van der Waals surface area contributed by atoms with Crippen molar-refractivity contribution < 1.29 is 27.2 Å². The number of benzene rings is 1. The van der Waals surface area contributed by atoms with E-state index in [9.17, 15) is 18.0 Å². The van der Waals surface area contributed by atoms with Crippen LogP contribution >= 0.6 is 0 Å². The molecule has 1 saturated carbocycles. The number of halogens is 3. The van der Waals surface area contributed by atoms with Crippen LogP contribution < -0.4 is 10.5 Å². The third-order valence-electron chi connectivity index (χ3n) is 4.60. The predicted molar refractivity (Wildman–Crippen MR) is 97.3 cm³/mol. The summed E-state index contributed by atoms with van der Waals surface area (Å²) in [7, 11) is 0. The zero-order chi connectivity index (χ0) is 21.3. The Kier molecular flexibility index (Phi) is 5.18. The van der Waals surface area contributed by atoms with Gasteiger partial charge in [-0.1, -0.05) is 5.16 Å². The molecule has 1 fully saturated rings. The summed E-state index contributed by atoms with van der Waals surface area (Å²) in [4.78, 5) is 15.0. The Labute approximate surface area is 168 Å². The highest BCUT2D eigenvalue weighted by molar-refractivity contribution is 5.75. The number of ether oxygens (including phenoxy) is 1. The first-order valence-corrected chi connectivity index (χ1v) is 9.28. The number of nitrogens with zero attached hydrogens (tertiary/aromatic N) is 4. The minimum absolute atomic E-state index is 0.127. The van der Waals surface area contributed by atoms with Gasteiger partial charge in [0.25, 0.3) is 5.91 Å². The van der Waals surface area contributed by atoms with Gasteiger partial charge >= 0.3 is 6.18 Å². The molecule has 0 bridgehead atoms. The van der Waals surface area contributed by atoms with E-state index in [1.807, 2.05) is 0 Å². The molecule has 30 heavy (non-hydrogen) atoms. The molecule has 2 N–H and O–H groups in total. The van der Waals surface area contributed by atoms with Gasteiger partial charge in [0, 0.05) is 23.6 Å². The van der Waals surface area contributed by atoms with Crippen LogP contribution in [-0.4, -0.2) is 32.4 Å². The second kappa shape index (κ2) is 7.81. The Bertz CT molecular complexity index is 1040. The summed E-state index contributed by atoms with van der Waals surface area (Å²) in [6.45, 7) is -0.0124. The van der Waals surface area contributed by atoms with Gasteiger partial charge in [0.1, 0.15) is 5.75 Å². The van der Waals surface area contributed by atoms with Crippen molar-refractivity contribution in [1.82, 2.24) is 19.9 Å². The van der Waals surface area contributed by atoms with Crippen LogP contribution in [0.4, 0.5) is 13.2 Å². The number of nitrogens with two attached hydrogens (primary N) is 1. The molecule has 158 valence electrons. The van der Waals surface area contributed by atoms with Gasteiger partial charge in [0.15, 0.2) is 12.3 Å². The number of primary amides is 1. The van der Waals surface area contributed by atoms with E-state index < -0.39 is 17.8 Å². The van der Waals surface area contributed by atoms with E-state index in [-0.39, 0.29) is 25.5 Å². The average Bonchev–Trinajstić information content (AvgIpc) is 3.26. The Morgan fingerprint density at radius 1 is 1.27 bits per heavy atom. The number of hydrogen-bond acceptors (Lipinski definition) is 6. The van der Waals surface area contributed by atoms with Crippen LogP contribution in [0.1, 0.15) is 36.0 Å². The van der Waals surface area contributed by atoms with Crippen molar-refractivity contribution in [2.45, 2.75) is 37.9 Å². The average molecular weight is 421 g/mol. The van der Waals surface area contributed by atoms with Crippen molar-refractivity contribution >= 4 is 5.91 Å². The first-order valence-electron chi connectivity index (χ1n) is 9.28. The molecule has 2 aromatic heterocycles. The lowest BCUT2D eigenvalue weighted by atomic mass is 10.2. The summed E-state index contributed by atoms with van der Waals surface area (Å²) in [5.74, 6) is 0.650. The molecule has 3 aromatic rings. The zero-order valence-electron chi connectivity index (χ0n) is 15.7. The second-order valence-corrected chi connectivity index (χ2v) is 6.99. The van der Waals surface area contributed by atoms with Gasteiger partial charge in [-0.25, -0.2) is 0 Å². The molecule has 8 nitrogen and oxygen atoms in total. The summed E-state index contributed by atoms with van der Waals surface area (Å²) in [5.41, 5.74) is 5.40. The van der Waals surface area contributed by atoms with Gasteiger partial charge in [0.05, 0.1) is 6.54 Å². The summed E-state index contributed by atoms with van der Waals surface area (Å²) in [6.07, 6.45) is -2.48. The lowest BCUT2D eigenvalue weighted by Crippen LogP contribution is -2.19. The number of hydrogen-bond donors (Lipinski definition) is 1. The van der Waals surface area contributed by atoms with E-state index in [0.29, 0.717) is 28.7 Å². The fraction of sp³-hybridized carbons (Fsp3) is 0.368. The normalized spacial score (nSPS) is 14.1. The Morgan fingerprint density at radius 3 is 2.63 bits per heavy atom. The Balaban J connectivity index is 1.42. The van der Waals surface area contributed by atoms with Crippen molar-refractivity contribution in [1.29, 1.82) is 0 Å². The zero-order valence-corrected chi connectivity index (χ0v) is 15.7. The maximum absolute atomic E-state index is 13.0. The first-order chi connectivity index (χ1) is 14.3. The molecule has 0 aliphatic heterocycles. The Morgan fingerprint density at radius 2 is 2.00 bits per heavy atom. The van der Waals surface area contributed by atoms with Gasteiger partial charge in [-0.3, -0.25) is 9.48 Å². The van der Waals surface area contributed by atoms with Crippen molar-refractivity contribution in [3.05, 3.63) is 47.6 Å². The largest absolute Gasteiger partial charge is 0.484 e. The molecule has 0 atom stereocenters. The molecule has 1 aliphatic carbocycles. The van der Waals surface area contributed by atoms with E-state index in [4.69, 9.17) is 15.0 Å². The maximum atomic E-state index is 13.0. The van der Waals surface area contributed by atoms with Crippen LogP contribution in [0, 0.1) is 0 Å². The minimum atomic E-state index is -4.47. The summed E-state index contributed by atoms with van der Waals surface area (Å²) in [6, 6.07) is 7.79. The molecule has 0 spiro atoms. The summed E-state index contributed by atoms with van der Waals surface area (Å²) in [5, 5.41) is 7.62. The highest BCUT2D eigenvalue weighted by Crippen LogP contribution is 2.42. The second-order valence-electron chi connectivity index (χ2n) is 6.99. The fourth-order valence-corrected chi connectivity index (χ4v) is 2.99. The van der Waals surface area contributed by atoms with Crippen LogP contribution in [0.5, 0.6) is 5.75 Å². The molecule has 0 radical (unpaired) electrons. The Hall–Kier alpha value is -3.37. The summed E-state index contributed by atoms with van der Waals surface area (Å²) < 4.78 is 50.8. The van der Waals surface area contributed by atoms with Gasteiger partial charge in [0.2, 0.25) is 11.7 Å². The van der Waals surface area contributed by atoms with Gasteiger partial charge in [-0.15, -0.1) is 0 Å². The standard InChI is InChI=1S/C19H18F3N5O3/c20-19(21,22)15-9-14(11-1-2-11)27(25-15)8-7-17-24-18(26-30-17)12-3-5-13(6-4-12)29-10-16(23)28/h3-6,9,11H,1-2,7-8,10H2,(H2,23,28). The monoisotopic (exact) mass is 421 g/mol. The lowest BCUT2D eigenvalue weighted by molar-refractivity contribution is -0.141. The van der Waals surface area contributed by atoms with E-state index in [0.717, 1.165) is 18.9 Å². The lowest BCUT2D eigenvalue weighted by Gasteiger charge is -2.04. The minimum Gasteiger partial charge on any atom is -0.484 e. The summed E-state index contributed by atoms with van der Waals surface area (Å²) >= 11 is 0. The number of rotatable bonds is 8. The van der Waals surface area contributed by atoms with Crippen molar-refractivity contribution in [3.8, 4) is 17.1 Å². The molecule has 11 heteroatoms. The third-order valence-corrected chi connectivity index (χ3v) is 4.60. The van der Waals surface area contributed by atoms with Crippen LogP contribution in [0.25, 0.3) is 11.4 Å². The molecular weight excluding hydrogens is 403 g/mol. The maximum Gasteiger partial charge on any atom is 0.435 e. The molecule has 0 saturated heterocycles. The smallest absolute Gasteiger partial charge is 0.435 e. The van der Waals surface area contributed by atoms with E-state index in [1.54, 1.807) is 24.3 Å².